The third-order valence-corrected chi connectivity index (χ3v) is 2.99. The van der Waals surface area contributed by atoms with Gasteiger partial charge in [0.1, 0.15) is 11.5 Å². The van der Waals surface area contributed by atoms with Crippen LogP contribution in [-0.4, -0.2) is 15.6 Å². The zero-order valence-corrected chi connectivity index (χ0v) is 10.7. The molecule has 0 fully saturated rings. The largest absolute Gasteiger partial charge is 0.292 e. The van der Waals surface area contributed by atoms with Crippen molar-refractivity contribution >= 4 is 21.7 Å². The van der Waals surface area contributed by atoms with E-state index in [0.717, 1.165) is 0 Å². The van der Waals surface area contributed by atoms with E-state index in [0.29, 0.717) is 15.7 Å². The van der Waals surface area contributed by atoms with E-state index >= 15 is 0 Å². The van der Waals surface area contributed by atoms with Crippen molar-refractivity contribution in [1.29, 1.82) is 0 Å². The normalized spacial score (nSPS) is 10.5. The van der Waals surface area contributed by atoms with Crippen LogP contribution in [0.25, 0.3) is 0 Å². The average molecular weight is 297 g/mol. The molecule has 2 aromatic rings. The molecule has 88 valence electrons. The summed E-state index contributed by atoms with van der Waals surface area (Å²) in [5.41, 5.74) is 1.15. The molecule has 5 heteroatoms. The minimum Gasteiger partial charge on any atom is -0.292 e. The molecule has 3 nitrogen and oxygen atoms in total. The van der Waals surface area contributed by atoms with Crippen molar-refractivity contribution < 1.29 is 9.18 Å². The Bertz CT molecular complexity index is 546. The Morgan fingerprint density at radius 2 is 2.29 bits per heavy atom. The molecule has 0 amide bonds. The van der Waals surface area contributed by atoms with Gasteiger partial charge in [-0.25, -0.2) is 4.39 Å². The molecule has 0 aliphatic heterocycles. The van der Waals surface area contributed by atoms with Crippen molar-refractivity contribution in [3.63, 3.8) is 0 Å². The number of hydrogen-bond acceptors (Lipinski definition) is 2. The second kappa shape index (κ2) is 4.79. The van der Waals surface area contributed by atoms with Crippen molar-refractivity contribution in [2.45, 2.75) is 6.42 Å². The van der Waals surface area contributed by atoms with Gasteiger partial charge in [0.15, 0.2) is 5.78 Å². The number of aromatic nitrogens is 2. The number of aryl methyl sites for hydroxylation is 1. The number of carbonyl (C=O) groups is 1. The summed E-state index contributed by atoms with van der Waals surface area (Å²) < 4.78 is 15.1. The molecule has 0 N–H and O–H groups in total. The topological polar surface area (TPSA) is 34.9 Å². The van der Waals surface area contributed by atoms with Gasteiger partial charge < -0.3 is 0 Å². The van der Waals surface area contributed by atoms with Crippen LogP contribution in [0.5, 0.6) is 0 Å². The second-order valence-corrected chi connectivity index (χ2v) is 4.55. The highest BCUT2D eigenvalue weighted by atomic mass is 79.9. The van der Waals surface area contributed by atoms with Crippen molar-refractivity contribution in [3.05, 3.63) is 52.0 Å². The molecule has 0 atom stereocenters. The third-order valence-electron chi connectivity index (χ3n) is 2.41. The first kappa shape index (κ1) is 12.0. The molecule has 0 bridgehead atoms. The molecule has 0 saturated heterocycles. The van der Waals surface area contributed by atoms with Crippen LogP contribution in [0.1, 0.15) is 16.1 Å². The molecule has 1 heterocycles. The number of carbonyl (C=O) groups excluding carboxylic acids is 1. The highest BCUT2D eigenvalue weighted by Crippen LogP contribution is 2.17. The third kappa shape index (κ3) is 2.61. The fraction of sp³-hybridized carbons (Fsp3) is 0.167. The van der Waals surface area contributed by atoms with E-state index in [1.54, 1.807) is 25.4 Å². The van der Waals surface area contributed by atoms with Crippen LogP contribution in [0.4, 0.5) is 4.39 Å². The summed E-state index contributed by atoms with van der Waals surface area (Å²) >= 11 is 3.27. The standard InChI is InChI=1S/C12H10BrFN2O/c1-16-12(10(13)7-15-16)11(17)6-8-3-2-4-9(14)5-8/h2-5,7H,6H2,1H3. The fourth-order valence-electron chi connectivity index (χ4n) is 1.64. The highest BCUT2D eigenvalue weighted by molar-refractivity contribution is 9.10. The average Bonchev–Trinajstić information content (AvgIpc) is 2.58. The van der Waals surface area contributed by atoms with Crippen LogP contribution in [0, 0.1) is 5.82 Å². The summed E-state index contributed by atoms with van der Waals surface area (Å²) in [5, 5.41) is 3.97. The molecule has 0 radical (unpaired) electrons. The highest BCUT2D eigenvalue weighted by Gasteiger charge is 2.15. The van der Waals surface area contributed by atoms with Gasteiger partial charge in [0.2, 0.25) is 0 Å². The van der Waals surface area contributed by atoms with Gasteiger partial charge in [0.05, 0.1) is 10.7 Å². The molecule has 0 spiro atoms. The Labute approximate surface area is 106 Å². The molecule has 0 aliphatic carbocycles. The first-order valence-electron chi connectivity index (χ1n) is 5.03. The fourth-order valence-corrected chi connectivity index (χ4v) is 2.21. The Hall–Kier alpha value is -1.49. The number of Topliss-reactive ketones (excluding diaryl/α,β-unsaturated/α-hetero) is 1. The van der Waals surface area contributed by atoms with Crippen LogP contribution >= 0.6 is 15.9 Å². The Kier molecular flexibility index (Phi) is 3.38. The van der Waals surface area contributed by atoms with Crippen LogP contribution in [0.15, 0.2) is 34.9 Å². The second-order valence-electron chi connectivity index (χ2n) is 3.69. The maximum atomic E-state index is 13.0. The lowest BCUT2D eigenvalue weighted by Gasteiger charge is -2.03. The van der Waals surface area contributed by atoms with Crippen molar-refractivity contribution in [2.75, 3.05) is 0 Å². The van der Waals surface area contributed by atoms with Crippen LogP contribution in [0.3, 0.4) is 0 Å². The van der Waals surface area contributed by atoms with Gasteiger partial charge in [0, 0.05) is 13.5 Å². The van der Waals surface area contributed by atoms with Gasteiger partial charge in [-0.05, 0) is 33.6 Å². The number of hydrogen-bond donors (Lipinski definition) is 0. The lowest BCUT2D eigenvalue weighted by atomic mass is 10.1. The molecule has 17 heavy (non-hydrogen) atoms. The van der Waals surface area contributed by atoms with Gasteiger partial charge in [-0.2, -0.15) is 5.10 Å². The number of rotatable bonds is 3. The van der Waals surface area contributed by atoms with Gasteiger partial charge in [-0.1, -0.05) is 12.1 Å². The summed E-state index contributed by atoms with van der Waals surface area (Å²) in [6.45, 7) is 0. The van der Waals surface area contributed by atoms with E-state index in [-0.39, 0.29) is 18.0 Å². The number of nitrogens with zero attached hydrogens (tertiary/aromatic N) is 2. The van der Waals surface area contributed by atoms with Gasteiger partial charge in [0.25, 0.3) is 0 Å². The van der Waals surface area contributed by atoms with Crippen LogP contribution in [-0.2, 0) is 13.5 Å². The van der Waals surface area contributed by atoms with E-state index in [2.05, 4.69) is 21.0 Å². The maximum Gasteiger partial charge on any atom is 0.186 e. The number of benzene rings is 1. The minimum atomic E-state index is -0.334. The predicted molar refractivity (Wildman–Crippen MR) is 65.3 cm³/mol. The maximum absolute atomic E-state index is 13.0. The number of halogens is 2. The zero-order chi connectivity index (χ0) is 12.4. The summed E-state index contributed by atoms with van der Waals surface area (Å²) in [4.78, 5) is 12.0. The molecular weight excluding hydrogens is 287 g/mol. The number of ketones is 1. The first-order chi connectivity index (χ1) is 8.08. The van der Waals surface area contributed by atoms with E-state index in [1.165, 1.54) is 16.8 Å². The van der Waals surface area contributed by atoms with Crippen molar-refractivity contribution in [3.8, 4) is 0 Å². The molecule has 1 aromatic heterocycles. The van der Waals surface area contributed by atoms with Crippen LogP contribution in [0.2, 0.25) is 0 Å². The summed E-state index contributed by atoms with van der Waals surface area (Å²) in [7, 11) is 1.70. The molecule has 0 saturated carbocycles. The Morgan fingerprint density at radius 1 is 1.53 bits per heavy atom. The molecular formula is C12H10BrFN2O. The van der Waals surface area contributed by atoms with Crippen molar-refractivity contribution in [1.82, 2.24) is 9.78 Å². The van der Waals surface area contributed by atoms with Gasteiger partial charge in [-0.15, -0.1) is 0 Å². The molecule has 0 aliphatic rings. The minimum absolute atomic E-state index is 0.0949. The first-order valence-corrected chi connectivity index (χ1v) is 5.82. The SMILES string of the molecule is Cn1ncc(Br)c1C(=O)Cc1cccc(F)c1. The zero-order valence-electron chi connectivity index (χ0n) is 9.15. The van der Waals surface area contributed by atoms with E-state index in [9.17, 15) is 9.18 Å². The van der Waals surface area contributed by atoms with Gasteiger partial charge in [-0.3, -0.25) is 9.48 Å². The van der Waals surface area contributed by atoms with E-state index in [1.807, 2.05) is 0 Å². The molecule has 1 aromatic carbocycles. The molecule has 2 rings (SSSR count). The van der Waals surface area contributed by atoms with E-state index in [4.69, 9.17) is 0 Å². The monoisotopic (exact) mass is 296 g/mol. The van der Waals surface area contributed by atoms with Crippen molar-refractivity contribution in [2.24, 2.45) is 7.05 Å². The quantitative estimate of drug-likeness (QED) is 0.817. The lowest BCUT2D eigenvalue weighted by molar-refractivity contribution is 0.0983. The van der Waals surface area contributed by atoms with Gasteiger partial charge >= 0.3 is 0 Å². The summed E-state index contributed by atoms with van der Waals surface area (Å²) in [6, 6.07) is 6.04. The Morgan fingerprint density at radius 3 is 2.88 bits per heavy atom. The van der Waals surface area contributed by atoms with Crippen LogP contribution < -0.4 is 0 Å². The summed E-state index contributed by atoms with van der Waals surface area (Å²) in [6.07, 6.45) is 1.73. The molecule has 0 unspecified atom stereocenters. The smallest absolute Gasteiger partial charge is 0.186 e. The van der Waals surface area contributed by atoms with E-state index < -0.39 is 0 Å². The Balaban J connectivity index is 2.23. The summed E-state index contributed by atoms with van der Waals surface area (Å²) in [5.74, 6) is -0.429. The lowest BCUT2D eigenvalue weighted by Crippen LogP contribution is -2.10. The predicted octanol–water partition coefficient (Wildman–Crippen LogP) is 2.75.